The van der Waals surface area contributed by atoms with E-state index in [4.69, 9.17) is 9.47 Å². The molecule has 15 heavy (non-hydrogen) atoms. The monoisotopic (exact) mass is 249 g/mol. The number of ether oxygens (including phenoxy) is 2. The molecule has 0 unspecified atom stereocenters. The third kappa shape index (κ3) is 4.87. The van der Waals surface area contributed by atoms with Gasteiger partial charge < -0.3 is 9.47 Å². The Labute approximate surface area is 100 Å². The van der Waals surface area contributed by atoms with E-state index in [9.17, 15) is 0 Å². The van der Waals surface area contributed by atoms with Crippen LogP contribution in [0.2, 0.25) is 0 Å². The molecule has 0 spiro atoms. The summed E-state index contributed by atoms with van der Waals surface area (Å²) < 4.78 is 11.5. The first-order valence-corrected chi connectivity index (χ1v) is 7.93. The lowest BCUT2D eigenvalue weighted by Crippen LogP contribution is -2.50. The molecular weight excluding hydrogens is 226 g/mol. The van der Waals surface area contributed by atoms with Crippen LogP contribution in [0, 0.1) is 0 Å². The Bertz CT molecular complexity index is 171. The minimum Gasteiger partial charge on any atom is -0.354 e. The average Bonchev–Trinajstić information content (AvgIpc) is 2.19. The Balaban J connectivity index is 2.40. The van der Waals surface area contributed by atoms with Gasteiger partial charge in [0.15, 0.2) is 5.41 Å². The zero-order chi connectivity index (χ0) is 11.1. The van der Waals surface area contributed by atoms with E-state index in [1.807, 2.05) is 25.6 Å². The summed E-state index contributed by atoms with van der Waals surface area (Å²) in [5.41, 5.74) is -0.286. The van der Waals surface area contributed by atoms with Crippen molar-refractivity contribution in [2.45, 2.75) is 19.3 Å². The quantitative estimate of drug-likeness (QED) is 0.493. The van der Waals surface area contributed by atoms with E-state index in [2.05, 4.69) is 4.90 Å². The smallest absolute Gasteiger partial charge is 0.153 e. The van der Waals surface area contributed by atoms with Gasteiger partial charge in [0.1, 0.15) is 0 Å². The molecule has 0 aromatic rings. The maximum atomic E-state index is 5.76. The van der Waals surface area contributed by atoms with E-state index in [0.717, 1.165) is 30.0 Å². The molecule has 0 aliphatic carbocycles. The normalized spacial score (nSPS) is 19.6. The number of rotatable bonds is 6. The van der Waals surface area contributed by atoms with Gasteiger partial charge in [0, 0.05) is 44.4 Å². The molecule has 90 valence electrons. The molecule has 0 atom stereocenters. The summed E-state index contributed by atoms with van der Waals surface area (Å²) in [6.07, 6.45) is 0. The zero-order valence-corrected chi connectivity index (χ0v) is 12.9. The van der Waals surface area contributed by atoms with Gasteiger partial charge in [0.2, 0.25) is 0 Å². The fourth-order valence-electron chi connectivity index (χ4n) is 1.91. The predicted octanol–water partition coefficient (Wildman–Crippen LogP) is 0.127. The van der Waals surface area contributed by atoms with Crippen molar-refractivity contribution in [1.29, 1.82) is 0 Å². The Morgan fingerprint density at radius 2 is 1.73 bits per heavy atom. The van der Waals surface area contributed by atoms with Crippen molar-refractivity contribution >= 4 is 22.0 Å². The Morgan fingerprint density at radius 1 is 1.20 bits per heavy atom. The number of hydrogen-bond donors (Lipinski definition) is 0. The van der Waals surface area contributed by atoms with Crippen molar-refractivity contribution in [3.63, 3.8) is 0 Å². The van der Waals surface area contributed by atoms with Gasteiger partial charge in [-0.25, -0.2) is 0 Å². The van der Waals surface area contributed by atoms with Gasteiger partial charge in [-0.3, -0.25) is 4.90 Å². The SMILES string of the molecule is CCOC([SiH3])(CN1CCSCC1)OCC. The van der Waals surface area contributed by atoms with Crippen LogP contribution in [0.15, 0.2) is 0 Å². The first-order chi connectivity index (χ1) is 7.20. The topological polar surface area (TPSA) is 21.7 Å². The van der Waals surface area contributed by atoms with Crippen molar-refractivity contribution in [2.75, 3.05) is 44.4 Å². The van der Waals surface area contributed by atoms with E-state index in [1.54, 1.807) is 0 Å². The lowest BCUT2D eigenvalue weighted by atomic mass is 10.4. The van der Waals surface area contributed by atoms with Gasteiger partial charge in [-0.1, -0.05) is 0 Å². The van der Waals surface area contributed by atoms with Gasteiger partial charge >= 0.3 is 0 Å². The summed E-state index contributed by atoms with van der Waals surface area (Å²) in [6.45, 7) is 8.86. The van der Waals surface area contributed by atoms with E-state index >= 15 is 0 Å². The maximum Gasteiger partial charge on any atom is 0.153 e. The van der Waals surface area contributed by atoms with Gasteiger partial charge in [-0.15, -0.1) is 0 Å². The highest BCUT2D eigenvalue weighted by atomic mass is 32.2. The highest BCUT2D eigenvalue weighted by molar-refractivity contribution is 7.99. The van der Waals surface area contributed by atoms with Crippen LogP contribution in [0.4, 0.5) is 0 Å². The van der Waals surface area contributed by atoms with Crippen LogP contribution in [-0.4, -0.2) is 64.9 Å². The van der Waals surface area contributed by atoms with Gasteiger partial charge in [-0.2, -0.15) is 11.8 Å². The zero-order valence-electron chi connectivity index (χ0n) is 10.1. The molecule has 3 nitrogen and oxygen atoms in total. The Kier molecular flexibility index (Phi) is 6.22. The highest BCUT2D eigenvalue weighted by Crippen LogP contribution is 2.15. The van der Waals surface area contributed by atoms with Crippen molar-refractivity contribution in [3.05, 3.63) is 0 Å². The van der Waals surface area contributed by atoms with E-state index < -0.39 is 0 Å². The summed E-state index contributed by atoms with van der Waals surface area (Å²) in [5, 5.41) is 0. The molecule has 5 heteroatoms. The molecule has 1 rings (SSSR count). The molecule has 0 saturated carbocycles. The minimum atomic E-state index is -0.286. The van der Waals surface area contributed by atoms with Crippen molar-refractivity contribution in [2.24, 2.45) is 0 Å². The van der Waals surface area contributed by atoms with Crippen LogP contribution in [0.5, 0.6) is 0 Å². The average molecular weight is 249 g/mol. The van der Waals surface area contributed by atoms with Crippen LogP contribution < -0.4 is 0 Å². The number of hydrogen-bond acceptors (Lipinski definition) is 4. The van der Waals surface area contributed by atoms with E-state index in [0.29, 0.717) is 0 Å². The Morgan fingerprint density at radius 3 is 2.20 bits per heavy atom. The van der Waals surface area contributed by atoms with Crippen LogP contribution in [0.3, 0.4) is 0 Å². The minimum absolute atomic E-state index is 0.286. The molecule has 1 aliphatic heterocycles. The summed E-state index contributed by atoms with van der Waals surface area (Å²) in [5.74, 6) is 2.49. The van der Waals surface area contributed by atoms with Crippen molar-refractivity contribution < 1.29 is 9.47 Å². The van der Waals surface area contributed by atoms with Crippen LogP contribution in [0.1, 0.15) is 13.8 Å². The van der Waals surface area contributed by atoms with Gasteiger partial charge in [-0.05, 0) is 13.8 Å². The first-order valence-electron chi connectivity index (χ1n) is 5.78. The fourth-order valence-corrected chi connectivity index (χ4v) is 3.91. The van der Waals surface area contributed by atoms with Crippen LogP contribution in [-0.2, 0) is 9.47 Å². The van der Waals surface area contributed by atoms with Gasteiger partial charge in [0.25, 0.3) is 0 Å². The molecule has 1 fully saturated rings. The highest BCUT2D eigenvalue weighted by Gasteiger charge is 2.28. The van der Waals surface area contributed by atoms with Crippen LogP contribution >= 0.6 is 11.8 Å². The molecular formula is C10H23NO2SSi. The van der Waals surface area contributed by atoms with E-state index in [1.165, 1.54) is 24.6 Å². The van der Waals surface area contributed by atoms with Gasteiger partial charge in [0.05, 0.1) is 10.2 Å². The molecule has 0 bridgehead atoms. The number of thioether (sulfide) groups is 1. The molecule has 1 saturated heterocycles. The summed E-state index contributed by atoms with van der Waals surface area (Å²) in [6, 6.07) is 0. The summed E-state index contributed by atoms with van der Waals surface area (Å²) in [4.78, 5) is 2.47. The van der Waals surface area contributed by atoms with E-state index in [-0.39, 0.29) is 5.41 Å². The second kappa shape index (κ2) is 6.91. The van der Waals surface area contributed by atoms with Crippen molar-refractivity contribution in [1.82, 2.24) is 4.90 Å². The summed E-state index contributed by atoms with van der Waals surface area (Å²) in [7, 11) is 0.929. The largest absolute Gasteiger partial charge is 0.354 e. The Hall–Kier alpha value is 0.447. The standard InChI is InChI=1S/C10H23NO2SSi/c1-3-12-10(15,13-4-2)9-11-5-7-14-8-6-11/h3-9H2,1-2,15H3. The molecule has 0 amide bonds. The second-order valence-corrected chi connectivity index (χ2v) is 6.64. The van der Waals surface area contributed by atoms with Crippen molar-refractivity contribution in [3.8, 4) is 0 Å². The number of nitrogens with zero attached hydrogens (tertiary/aromatic N) is 1. The first kappa shape index (κ1) is 13.5. The lowest BCUT2D eigenvalue weighted by Gasteiger charge is -2.36. The molecule has 0 radical (unpaired) electrons. The molecule has 1 heterocycles. The second-order valence-electron chi connectivity index (χ2n) is 3.89. The maximum absolute atomic E-state index is 5.76. The fraction of sp³-hybridized carbons (Fsp3) is 1.00. The van der Waals surface area contributed by atoms with Crippen LogP contribution in [0.25, 0.3) is 0 Å². The molecule has 0 N–H and O–H groups in total. The molecule has 1 aliphatic rings. The third-order valence-electron chi connectivity index (χ3n) is 2.51. The molecule has 0 aromatic carbocycles. The lowest BCUT2D eigenvalue weighted by molar-refractivity contribution is -0.182. The molecule has 0 aromatic heterocycles. The summed E-state index contributed by atoms with van der Waals surface area (Å²) >= 11 is 2.04. The predicted molar refractivity (Wildman–Crippen MR) is 69.7 cm³/mol. The third-order valence-corrected chi connectivity index (χ3v) is 4.35.